The summed E-state index contributed by atoms with van der Waals surface area (Å²) in [6, 6.07) is 4.99. The molecule has 0 aromatic heterocycles. The van der Waals surface area contributed by atoms with Gasteiger partial charge in [-0.3, -0.25) is 0 Å². The average molecular weight is 375 g/mol. The lowest BCUT2D eigenvalue weighted by molar-refractivity contribution is -0.0500. The molecule has 8 heteroatoms. The first kappa shape index (κ1) is 17.1. The van der Waals surface area contributed by atoms with Gasteiger partial charge in [-0.25, -0.2) is 0 Å². The zero-order chi connectivity index (χ0) is 17.9. The van der Waals surface area contributed by atoms with E-state index in [-0.39, 0.29) is 11.2 Å². The standard InChI is InChI=1S/C17H20F3NO3S/c18-17(19,20)25(22,23)24-12-5-4-11-9-15-13-3-1-2-6-16(13,7-8-21-15)14(11)10-12/h4-5,10,13,15,21H,1-3,6-9H2/t13?,15-,16-/m0/s1. The Morgan fingerprint density at radius 2 is 2.00 bits per heavy atom. The van der Waals surface area contributed by atoms with E-state index in [0.717, 1.165) is 49.8 Å². The molecule has 25 heavy (non-hydrogen) atoms. The number of hydrogen-bond donors (Lipinski definition) is 1. The van der Waals surface area contributed by atoms with Crippen molar-refractivity contribution in [3.8, 4) is 5.75 Å². The summed E-state index contributed by atoms with van der Waals surface area (Å²) in [6.45, 7) is 0.881. The quantitative estimate of drug-likeness (QED) is 0.637. The lowest BCUT2D eigenvalue weighted by atomic mass is 9.53. The van der Waals surface area contributed by atoms with Gasteiger partial charge in [0.2, 0.25) is 0 Å². The Morgan fingerprint density at radius 3 is 2.76 bits per heavy atom. The van der Waals surface area contributed by atoms with Crippen LogP contribution in [0.3, 0.4) is 0 Å². The fourth-order valence-electron chi connectivity index (χ4n) is 5.13. The summed E-state index contributed by atoms with van der Waals surface area (Å²) < 4.78 is 64.9. The number of alkyl halides is 3. The second-order valence-corrected chi connectivity index (χ2v) is 8.86. The van der Waals surface area contributed by atoms with Crippen LogP contribution in [0.15, 0.2) is 18.2 Å². The summed E-state index contributed by atoms with van der Waals surface area (Å²) in [5.41, 5.74) is -3.41. The van der Waals surface area contributed by atoms with Crippen LogP contribution in [0.2, 0.25) is 0 Å². The molecule has 1 aromatic rings. The molecule has 4 nitrogen and oxygen atoms in total. The van der Waals surface area contributed by atoms with Gasteiger partial charge in [0, 0.05) is 11.5 Å². The second kappa shape index (κ2) is 5.61. The molecule has 138 valence electrons. The molecule has 4 rings (SSSR count). The summed E-state index contributed by atoms with van der Waals surface area (Å²) in [7, 11) is -5.64. The van der Waals surface area contributed by atoms with Crippen molar-refractivity contribution in [1.29, 1.82) is 0 Å². The molecular weight excluding hydrogens is 355 g/mol. The first-order valence-corrected chi connectivity index (χ1v) is 10.0. The Bertz CT molecular complexity index is 789. The maximum atomic E-state index is 12.6. The molecule has 3 atom stereocenters. The molecule has 2 fully saturated rings. The van der Waals surface area contributed by atoms with Crippen LogP contribution < -0.4 is 9.50 Å². The van der Waals surface area contributed by atoms with Crippen molar-refractivity contribution < 1.29 is 25.8 Å². The minimum atomic E-state index is -5.64. The van der Waals surface area contributed by atoms with Crippen LogP contribution in [0, 0.1) is 5.92 Å². The van der Waals surface area contributed by atoms with E-state index in [4.69, 9.17) is 0 Å². The molecule has 0 amide bonds. The van der Waals surface area contributed by atoms with Gasteiger partial charge < -0.3 is 9.50 Å². The fourth-order valence-corrected chi connectivity index (χ4v) is 5.58. The van der Waals surface area contributed by atoms with E-state index < -0.39 is 15.6 Å². The van der Waals surface area contributed by atoms with Crippen LogP contribution in [0.5, 0.6) is 5.75 Å². The molecule has 1 N–H and O–H groups in total. The molecule has 1 saturated carbocycles. The van der Waals surface area contributed by atoms with Gasteiger partial charge in [0.1, 0.15) is 5.75 Å². The van der Waals surface area contributed by atoms with Gasteiger partial charge in [0.05, 0.1) is 0 Å². The third-order valence-electron chi connectivity index (χ3n) is 6.11. The van der Waals surface area contributed by atoms with E-state index >= 15 is 0 Å². The van der Waals surface area contributed by atoms with Gasteiger partial charge in [-0.05, 0) is 61.4 Å². The second-order valence-electron chi connectivity index (χ2n) is 7.33. The number of rotatable bonds is 2. The van der Waals surface area contributed by atoms with Crippen molar-refractivity contribution in [3.05, 3.63) is 29.3 Å². The van der Waals surface area contributed by atoms with E-state index in [1.165, 1.54) is 12.5 Å². The van der Waals surface area contributed by atoms with Gasteiger partial charge in [0.15, 0.2) is 0 Å². The minimum absolute atomic E-state index is 0.0664. The van der Waals surface area contributed by atoms with E-state index in [1.807, 2.05) is 0 Å². The van der Waals surface area contributed by atoms with Crippen molar-refractivity contribution in [1.82, 2.24) is 5.32 Å². The number of nitrogens with one attached hydrogen (secondary N) is 1. The van der Waals surface area contributed by atoms with E-state index in [9.17, 15) is 21.6 Å². The van der Waals surface area contributed by atoms with Gasteiger partial charge in [-0.2, -0.15) is 21.6 Å². The van der Waals surface area contributed by atoms with Gasteiger partial charge >= 0.3 is 15.6 Å². The van der Waals surface area contributed by atoms with Crippen molar-refractivity contribution in [2.45, 2.75) is 55.5 Å². The van der Waals surface area contributed by atoms with Crippen molar-refractivity contribution >= 4 is 10.1 Å². The molecule has 1 heterocycles. The minimum Gasteiger partial charge on any atom is -0.376 e. The van der Waals surface area contributed by atoms with E-state index in [1.54, 1.807) is 12.1 Å². The summed E-state index contributed by atoms with van der Waals surface area (Å²) in [6.07, 6.45) is 6.11. The number of halogens is 3. The normalized spacial score (nSPS) is 31.8. The molecule has 0 spiro atoms. The molecule has 1 aromatic carbocycles. The van der Waals surface area contributed by atoms with Crippen molar-refractivity contribution in [2.24, 2.45) is 5.92 Å². The van der Waals surface area contributed by atoms with Gasteiger partial charge in [-0.1, -0.05) is 18.9 Å². The number of hydrogen-bond acceptors (Lipinski definition) is 4. The van der Waals surface area contributed by atoms with Crippen LogP contribution in [0.4, 0.5) is 13.2 Å². The van der Waals surface area contributed by atoms with Crippen LogP contribution in [-0.4, -0.2) is 26.5 Å². The Morgan fingerprint density at radius 1 is 1.20 bits per heavy atom. The van der Waals surface area contributed by atoms with Crippen LogP contribution in [0.1, 0.15) is 43.2 Å². The highest BCUT2D eigenvalue weighted by molar-refractivity contribution is 7.88. The van der Waals surface area contributed by atoms with Crippen LogP contribution >= 0.6 is 0 Å². The predicted octanol–water partition coefficient (Wildman–Crippen LogP) is 3.26. The third-order valence-corrected chi connectivity index (χ3v) is 7.09. The Balaban J connectivity index is 1.75. The van der Waals surface area contributed by atoms with Gasteiger partial charge in [-0.15, -0.1) is 0 Å². The monoisotopic (exact) mass is 375 g/mol. The largest absolute Gasteiger partial charge is 0.534 e. The molecule has 1 aliphatic heterocycles. The first-order valence-electron chi connectivity index (χ1n) is 8.60. The molecule has 0 radical (unpaired) electrons. The molecule has 2 bridgehead atoms. The first-order chi connectivity index (χ1) is 11.7. The van der Waals surface area contributed by atoms with Crippen LogP contribution in [-0.2, 0) is 22.0 Å². The van der Waals surface area contributed by atoms with Crippen LogP contribution in [0.25, 0.3) is 0 Å². The number of fused-ring (bicyclic) bond motifs is 1. The highest BCUT2D eigenvalue weighted by atomic mass is 32.2. The maximum Gasteiger partial charge on any atom is 0.534 e. The summed E-state index contributed by atoms with van der Waals surface area (Å²) in [5.74, 6) is 0.212. The summed E-state index contributed by atoms with van der Waals surface area (Å²) in [4.78, 5) is 0. The van der Waals surface area contributed by atoms with Crippen molar-refractivity contribution in [3.63, 3.8) is 0 Å². The smallest absolute Gasteiger partial charge is 0.376 e. The summed E-state index contributed by atoms with van der Waals surface area (Å²) in [5, 5.41) is 3.58. The predicted molar refractivity (Wildman–Crippen MR) is 85.8 cm³/mol. The molecular formula is C17H20F3NO3S. The zero-order valence-electron chi connectivity index (χ0n) is 13.6. The number of piperidine rings is 1. The molecule has 1 unspecified atom stereocenters. The van der Waals surface area contributed by atoms with E-state index in [0.29, 0.717) is 12.0 Å². The topological polar surface area (TPSA) is 55.4 Å². The summed E-state index contributed by atoms with van der Waals surface area (Å²) >= 11 is 0. The number of benzene rings is 1. The van der Waals surface area contributed by atoms with Crippen molar-refractivity contribution in [2.75, 3.05) is 6.54 Å². The van der Waals surface area contributed by atoms with E-state index in [2.05, 4.69) is 9.50 Å². The Hall–Kier alpha value is -1.28. The SMILES string of the molecule is O=S(=O)(Oc1ccc2c(c1)[C@]13CCCCC1[C@H](C2)NCC3)C(F)(F)F. The average Bonchev–Trinajstić information content (AvgIpc) is 2.54. The molecule has 1 saturated heterocycles. The fraction of sp³-hybridized carbons (Fsp3) is 0.647. The highest BCUT2D eigenvalue weighted by Gasteiger charge is 2.52. The maximum absolute atomic E-state index is 12.6. The van der Waals surface area contributed by atoms with Gasteiger partial charge in [0.25, 0.3) is 0 Å². The zero-order valence-corrected chi connectivity index (χ0v) is 14.4. The Labute approximate surface area is 144 Å². The molecule has 3 aliphatic rings. The molecule has 2 aliphatic carbocycles. The lowest BCUT2D eigenvalue weighted by Crippen LogP contribution is -2.59. The lowest BCUT2D eigenvalue weighted by Gasteiger charge is -2.56. The third kappa shape index (κ3) is 2.65. The highest BCUT2D eigenvalue weighted by Crippen LogP contribution is 2.54. The Kier molecular flexibility index (Phi) is 3.85.